The highest BCUT2D eigenvalue weighted by Gasteiger charge is 2.29. The van der Waals surface area contributed by atoms with Crippen molar-refractivity contribution < 1.29 is 17.6 Å². The number of carbonyl (C=O) groups is 1. The van der Waals surface area contributed by atoms with Gasteiger partial charge in [-0.2, -0.15) is 0 Å². The Bertz CT molecular complexity index is 1120. The van der Waals surface area contributed by atoms with Crippen LogP contribution in [0.1, 0.15) is 0 Å². The van der Waals surface area contributed by atoms with Gasteiger partial charge in [-0.3, -0.25) is 9.10 Å². The van der Waals surface area contributed by atoms with Crippen LogP contribution in [0.4, 0.5) is 15.8 Å². The molecular weight excluding hydrogens is 438 g/mol. The van der Waals surface area contributed by atoms with Crippen LogP contribution in [0.5, 0.6) is 0 Å². The van der Waals surface area contributed by atoms with Gasteiger partial charge >= 0.3 is 0 Å². The Labute approximate surface area is 177 Å². The van der Waals surface area contributed by atoms with E-state index < -0.39 is 28.3 Å². The van der Waals surface area contributed by atoms with Gasteiger partial charge < -0.3 is 5.32 Å². The lowest BCUT2D eigenvalue weighted by Gasteiger charge is -2.24. The first-order valence-corrected chi connectivity index (χ1v) is 10.6. The van der Waals surface area contributed by atoms with Gasteiger partial charge in [0.15, 0.2) is 0 Å². The second kappa shape index (κ2) is 8.82. The number of hydrogen-bond acceptors (Lipinski definition) is 3. The van der Waals surface area contributed by atoms with Crippen molar-refractivity contribution in [1.82, 2.24) is 0 Å². The number of para-hydroxylation sites is 1. The van der Waals surface area contributed by atoms with Crippen molar-refractivity contribution in [3.63, 3.8) is 0 Å². The number of hydrogen-bond donors (Lipinski definition) is 1. The number of sulfonamides is 1. The highest BCUT2D eigenvalue weighted by molar-refractivity contribution is 7.92. The Morgan fingerprint density at radius 3 is 2.14 bits per heavy atom. The van der Waals surface area contributed by atoms with Crippen LogP contribution in [0.25, 0.3) is 0 Å². The largest absolute Gasteiger partial charge is 0.324 e. The predicted octanol–water partition coefficient (Wildman–Crippen LogP) is 4.97. The van der Waals surface area contributed by atoms with Crippen LogP contribution >= 0.6 is 23.2 Å². The Balaban J connectivity index is 1.96. The fourth-order valence-corrected chi connectivity index (χ4v) is 4.61. The van der Waals surface area contributed by atoms with Crippen molar-refractivity contribution in [3.8, 4) is 0 Å². The van der Waals surface area contributed by atoms with Crippen molar-refractivity contribution in [2.24, 2.45) is 0 Å². The molecule has 3 aromatic rings. The number of nitrogens with one attached hydrogen (secondary N) is 1. The topological polar surface area (TPSA) is 66.5 Å². The molecule has 9 heteroatoms. The average molecular weight is 453 g/mol. The molecule has 29 heavy (non-hydrogen) atoms. The molecule has 5 nitrogen and oxygen atoms in total. The van der Waals surface area contributed by atoms with E-state index in [1.165, 1.54) is 48.5 Å². The Hall–Kier alpha value is -2.61. The molecule has 0 saturated carbocycles. The van der Waals surface area contributed by atoms with E-state index in [0.29, 0.717) is 10.0 Å². The van der Waals surface area contributed by atoms with E-state index in [2.05, 4.69) is 5.32 Å². The van der Waals surface area contributed by atoms with Crippen molar-refractivity contribution >= 4 is 50.5 Å². The van der Waals surface area contributed by atoms with Gasteiger partial charge in [0.2, 0.25) is 5.91 Å². The summed E-state index contributed by atoms with van der Waals surface area (Å²) in [5.41, 5.74) is 0.0497. The maximum atomic E-state index is 14.4. The number of amides is 1. The molecule has 0 aliphatic rings. The summed E-state index contributed by atoms with van der Waals surface area (Å²) in [5, 5.41) is 3.13. The van der Waals surface area contributed by atoms with Crippen molar-refractivity contribution in [3.05, 3.63) is 88.7 Å². The second-order valence-corrected chi connectivity index (χ2v) is 8.72. The van der Waals surface area contributed by atoms with E-state index >= 15 is 0 Å². The zero-order chi connectivity index (χ0) is 21.0. The molecule has 3 aromatic carbocycles. The minimum Gasteiger partial charge on any atom is -0.324 e. The van der Waals surface area contributed by atoms with Crippen LogP contribution in [0.15, 0.2) is 77.7 Å². The van der Waals surface area contributed by atoms with Gasteiger partial charge in [-0.15, -0.1) is 0 Å². The molecule has 0 heterocycles. The summed E-state index contributed by atoms with van der Waals surface area (Å²) in [5.74, 6) is -1.46. The molecule has 0 spiro atoms. The molecule has 150 valence electrons. The third-order valence-corrected chi connectivity index (χ3v) is 6.10. The molecular formula is C20H15Cl2FN2O3S. The van der Waals surface area contributed by atoms with Gasteiger partial charge in [0.25, 0.3) is 10.0 Å². The zero-order valence-electron chi connectivity index (χ0n) is 14.8. The number of benzene rings is 3. The highest BCUT2D eigenvalue weighted by Crippen LogP contribution is 2.27. The Kier molecular flexibility index (Phi) is 6.42. The normalized spacial score (nSPS) is 11.1. The fraction of sp³-hybridized carbons (Fsp3) is 0.0500. The summed E-state index contributed by atoms with van der Waals surface area (Å²) in [7, 11) is -4.20. The predicted molar refractivity (Wildman–Crippen MR) is 112 cm³/mol. The SMILES string of the molecule is O=C(CN(c1ccccc1F)S(=O)(=O)c1ccccc1)Nc1cc(Cl)cc(Cl)c1. The molecule has 0 bridgehead atoms. The summed E-state index contributed by atoms with van der Waals surface area (Å²) in [6.07, 6.45) is 0. The molecule has 3 rings (SSSR count). The maximum Gasteiger partial charge on any atom is 0.264 e. The van der Waals surface area contributed by atoms with Crippen LogP contribution in [0, 0.1) is 5.82 Å². The third kappa shape index (κ3) is 5.06. The molecule has 1 N–H and O–H groups in total. The molecule has 0 aliphatic heterocycles. The lowest BCUT2D eigenvalue weighted by atomic mass is 10.3. The van der Waals surface area contributed by atoms with E-state index in [4.69, 9.17) is 23.2 Å². The van der Waals surface area contributed by atoms with E-state index in [1.54, 1.807) is 18.2 Å². The Morgan fingerprint density at radius 2 is 1.52 bits per heavy atom. The molecule has 0 saturated heterocycles. The number of anilines is 2. The second-order valence-electron chi connectivity index (χ2n) is 5.98. The maximum absolute atomic E-state index is 14.4. The van der Waals surface area contributed by atoms with Gasteiger partial charge in [0.05, 0.1) is 10.6 Å². The van der Waals surface area contributed by atoms with Gasteiger partial charge in [-0.05, 0) is 42.5 Å². The molecule has 0 aromatic heterocycles. The summed E-state index contributed by atoms with van der Waals surface area (Å²) in [6, 6.07) is 17.2. The standard InChI is InChI=1S/C20H15Cl2FN2O3S/c21-14-10-15(22)12-16(11-14)24-20(26)13-25(19-9-5-4-8-18(19)23)29(27,28)17-6-2-1-3-7-17/h1-12H,13H2,(H,24,26). The summed E-state index contributed by atoms with van der Waals surface area (Å²) >= 11 is 11.8. The monoisotopic (exact) mass is 452 g/mol. The van der Waals surface area contributed by atoms with Crippen LogP contribution in [-0.2, 0) is 14.8 Å². The first kappa shape index (κ1) is 21.1. The summed E-state index contributed by atoms with van der Waals surface area (Å²) in [4.78, 5) is 12.5. The van der Waals surface area contributed by atoms with Crippen LogP contribution in [0.2, 0.25) is 10.0 Å². The lowest BCUT2D eigenvalue weighted by Crippen LogP contribution is -2.38. The molecule has 0 unspecified atom stereocenters. The molecule has 0 aliphatic carbocycles. The Morgan fingerprint density at radius 1 is 0.931 bits per heavy atom. The highest BCUT2D eigenvalue weighted by atomic mass is 35.5. The first-order valence-electron chi connectivity index (χ1n) is 8.35. The lowest BCUT2D eigenvalue weighted by molar-refractivity contribution is -0.114. The summed E-state index contributed by atoms with van der Waals surface area (Å²) < 4.78 is 41.4. The average Bonchev–Trinajstić information content (AvgIpc) is 2.66. The quantitative estimate of drug-likeness (QED) is 0.574. The van der Waals surface area contributed by atoms with Crippen molar-refractivity contribution in [1.29, 1.82) is 0 Å². The van der Waals surface area contributed by atoms with E-state index in [-0.39, 0.29) is 16.3 Å². The smallest absolute Gasteiger partial charge is 0.264 e. The van der Waals surface area contributed by atoms with Gasteiger partial charge in [0, 0.05) is 15.7 Å². The van der Waals surface area contributed by atoms with Gasteiger partial charge in [0.1, 0.15) is 12.4 Å². The molecule has 0 fully saturated rings. The number of carbonyl (C=O) groups excluding carboxylic acids is 1. The first-order chi connectivity index (χ1) is 13.8. The van der Waals surface area contributed by atoms with E-state index in [0.717, 1.165) is 10.4 Å². The minimum atomic E-state index is -4.20. The third-order valence-electron chi connectivity index (χ3n) is 3.89. The van der Waals surface area contributed by atoms with Gasteiger partial charge in [-0.25, -0.2) is 12.8 Å². The fourth-order valence-electron chi connectivity index (χ4n) is 2.63. The van der Waals surface area contributed by atoms with Crippen LogP contribution < -0.4 is 9.62 Å². The van der Waals surface area contributed by atoms with Crippen molar-refractivity contribution in [2.75, 3.05) is 16.2 Å². The minimum absolute atomic E-state index is 0.0677. The zero-order valence-corrected chi connectivity index (χ0v) is 17.2. The molecule has 0 radical (unpaired) electrons. The van der Waals surface area contributed by atoms with Gasteiger partial charge in [-0.1, -0.05) is 53.5 Å². The molecule has 1 amide bonds. The van der Waals surface area contributed by atoms with Crippen LogP contribution in [-0.4, -0.2) is 20.9 Å². The number of halogens is 3. The van der Waals surface area contributed by atoms with Crippen LogP contribution in [0.3, 0.4) is 0 Å². The summed E-state index contributed by atoms with van der Waals surface area (Å²) in [6.45, 7) is -0.651. The number of nitrogens with zero attached hydrogens (tertiary/aromatic N) is 1. The van der Waals surface area contributed by atoms with E-state index in [1.807, 2.05) is 0 Å². The van der Waals surface area contributed by atoms with E-state index in [9.17, 15) is 17.6 Å². The molecule has 0 atom stereocenters. The van der Waals surface area contributed by atoms with Crippen molar-refractivity contribution in [2.45, 2.75) is 4.90 Å². The number of rotatable bonds is 6.